The maximum atomic E-state index is 13.1. The highest BCUT2D eigenvalue weighted by molar-refractivity contribution is 7.92. The maximum absolute atomic E-state index is 13.1. The number of anilines is 1. The summed E-state index contributed by atoms with van der Waals surface area (Å²) in [6, 6.07) is 9.32. The molecular formula is C17H16F3NO5S. The van der Waals surface area contributed by atoms with Crippen molar-refractivity contribution in [1.29, 1.82) is 0 Å². The summed E-state index contributed by atoms with van der Waals surface area (Å²) in [5.74, 6) is -0.463. The first kappa shape index (κ1) is 20.6. The third kappa shape index (κ3) is 5.61. The van der Waals surface area contributed by atoms with Crippen molar-refractivity contribution in [3.05, 3.63) is 54.1 Å². The van der Waals surface area contributed by atoms with Crippen molar-refractivity contribution in [2.24, 2.45) is 0 Å². The molecular weight excluding hydrogens is 387 g/mol. The molecule has 0 amide bonds. The van der Waals surface area contributed by atoms with Gasteiger partial charge in [0.1, 0.15) is 5.75 Å². The number of hydrogen-bond acceptors (Lipinski definition) is 5. The second-order valence-corrected chi connectivity index (χ2v) is 6.87. The highest BCUT2D eigenvalue weighted by Crippen LogP contribution is 2.34. The van der Waals surface area contributed by atoms with Crippen LogP contribution in [0.5, 0.6) is 5.75 Å². The lowest BCUT2D eigenvalue weighted by molar-refractivity contribution is -0.145. The second-order valence-electron chi connectivity index (χ2n) is 5.22. The minimum absolute atomic E-state index is 0.0201. The molecule has 0 radical (unpaired) electrons. The van der Waals surface area contributed by atoms with E-state index in [-0.39, 0.29) is 24.7 Å². The topological polar surface area (TPSA) is 81.7 Å². The van der Waals surface area contributed by atoms with Crippen molar-refractivity contribution < 1.29 is 35.9 Å². The number of esters is 1. The van der Waals surface area contributed by atoms with E-state index in [0.29, 0.717) is 6.07 Å². The third-order valence-corrected chi connectivity index (χ3v) is 4.67. The molecule has 2 aromatic rings. The Morgan fingerprint density at radius 1 is 1.11 bits per heavy atom. The first-order valence-electron chi connectivity index (χ1n) is 7.71. The number of rotatable bonds is 7. The molecule has 0 saturated heterocycles. The van der Waals surface area contributed by atoms with Crippen molar-refractivity contribution in [1.82, 2.24) is 0 Å². The number of alkyl halides is 3. The molecule has 0 atom stereocenters. The minimum Gasteiger partial charge on any atom is -0.482 e. The summed E-state index contributed by atoms with van der Waals surface area (Å²) in [7, 11) is -4.50. The third-order valence-electron chi connectivity index (χ3n) is 3.23. The van der Waals surface area contributed by atoms with E-state index in [1.807, 2.05) is 0 Å². The van der Waals surface area contributed by atoms with Crippen molar-refractivity contribution in [2.45, 2.75) is 18.0 Å². The molecule has 0 saturated carbocycles. The Morgan fingerprint density at radius 3 is 2.48 bits per heavy atom. The van der Waals surface area contributed by atoms with E-state index in [0.717, 1.165) is 12.1 Å². The molecule has 0 spiro atoms. The van der Waals surface area contributed by atoms with Crippen LogP contribution in [-0.2, 0) is 25.7 Å². The van der Waals surface area contributed by atoms with Crippen LogP contribution >= 0.6 is 0 Å². The summed E-state index contributed by atoms with van der Waals surface area (Å²) in [4.78, 5) is 10.4. The molecule has 2 aromatic carbocycles. The van der Waals surface area contributed by atoms with E-state index < -0.39 is 32.6 Å². The number of carbonyl (C=O) groups excluding carboxylic acids is 1. The lowest BCUT2D eigenvalue weighted by Crippen LogP contribution is -2.19. The van der Waals surface area contributed by atoms with Gasteiger partial charge in [-0.3, -0.25) is 4.72 Å². The number of ether oxygens (including phenoxy) is 2. The molecule has 146 valence electrons. The lowest BCUT2D eigenvalue weighted by atomic mass is 10.2. The summed E-state index contributed by atoms with van der Waals surface area (Å²) in [6.07, 6.45) is -4.82. The molecule has 0 fully saturated rings. The standard InChI is InChI=1S/C17H16F3NO5S/c1-2-25-16(22)11-26-13-7-5-6-12(10-13)21-27(23,24)15-9-4-3-8-14(15)17(18,19)20/h3-10,21H,2,11H2,1H3. The number of carbonyl (C=O) groups is 1. The molecule has 0 aromatic heterocycles. The van der Waals surface area contributed by atoms with Gasteiger partial charge in [-0.2, -0.15) is 13.2 Å². The largest absolute Gasteiger partial charge is 0.482 e. The Labute approximate surface area is 154 Å². The fraction of sp³-hybridized carbons (Fsp3) is 0.235. The molecule has 0 heterocycles. The Bertz CT molecular complexity index is 913. The van der Waals surface area contributed by atoms with Crippen molar-refractivity contribution in [3.63, 3.8) is 0 Å². The van der Waals surface area contributed by atoms with Gasteiger partial charge in [0.05, 0.1) is 22.8 Å². The maximum Gasteiger partial charge on any atom is 0.417 e. The van der Waals surface area contributed by atoms with E-state index in [2.05, 4.69) is 4.72 Å². The molecule has 0 aliphatic carbocycles. The van der Waals surface area contributed by atoms with Crippen LogP contribution in [0.3, 0.4) is 0 Å². The van der Waals surface area contributed by atoms with E-state index >= 15 is 0 Å². The van der Waals surface area contributed by atoms with Gasteiger partial charge in [-0.25, -0.2) is 13.2 Å². The number of sulfonamides is 1. The van der Waals surface area contributed by atoms with Crippen molar-refractivity contribution in [2.75, 3.05) is 17.9 Å². The van der Waals surface area contributed by atoms with Gasteiger partial charge in [-0.1, -0.05) is 18.2 Å². The predicted molar refractivity (Wildman–Crippen MR) is 90.8 cm³/mol. The van der Waals surface area contributed by atoms with E-state index in [4.69, 9.17) is 9.47 Å². The van der Waals surface area contributed by atoms with Gasteiger partial charge in [0.25, 0.3) is 10.0 Å². The Hall–Kier alpha value is -2.75. The first-order valence-corrected chi connectivity index (χ1v) is 9.19. The quantitative estimate of drug-likeness (QED) is 0.716. The van der Waals surface area contributed by atoms with Crippen LogP contribution in [0.4, 0.5) is 18.9 Å². The Balaban J connectivity index is 2.22. The van der Waals surface area contributed by atoms with E-state index in [1.165, 1.54) is 30.3 Å². The van der Waals surface area contributed by atoms with Gasteiger partial charge in [-0.05, 0) is 31.2 Å². The molecule has 0 unspecified atom stereocenters. The lowest BCUT2D eigenvalue weighted by Gasteiger charge is -2.14. The summed E-state index contributed by atoms with van der Waals surface area (Å²) in [5, 5.41) is 0. The van der Waals surface area contributed by atoms with E-state index in [1.54, 1.807) is 6.92 Å². The Morgan fingerprint density at radius 2 is 1.81 bits per heavy atom. The molecule has 6 nitrogen and oxygen atoms in total. The fourth-order valence-corrected chi connectivity index (χ4v) is 3.42. The van der Waals surface area contributed by atoms with Crippen LogP contribution < -0.4 is 9.46 Å². The average Bonchev–Trinajstić information content (AvgIpc) is 2.59. The molecule has 2 rings (SSSR count). The smallest absolute Gasteiger partial charge is 0.417 e. The zero-order chi connectivity index (χ0) is 20.1. The van der Waals surface area contributed by atoms with E-state index in [9.17, 15) is 26.4 Å². The molecule has 0 bridgehead atoms. The normalized spacial score (nSPS) is 11.7. The van der Waals surface area contributed by atoms with Crippen LogP contribution in [0.2, 0.25) is 0 Å². The van der Waals surface area contributed by atoms with Crippen molar-refractivity contribution >= 4 is 21.7 Å². The minimum atomic E-state index is -4.82. The molecule has 0 aliphatic rings. The van der Waals surface area contributed by atoms with Crippen molar-refractivity contribution in [3.8, 4) is 5.75 Å². The number of benzene rings is 2. The number of hydrogen-bond donors (Lipinski definition) is 1. The summed E-state index contributed by atoms with van der Waals surface area (Å²) < 4.78 is 75.9. The monoisotopic (exact) mass is 403 g/mol. The van der Waals surface area contributed by atoms with Gasteiger partial charge in [-0.15, -0.1) is 0 Å². The summed E-state index contributed by atoms with van der Waals surface area (Å²) in [5.41, 5.74) is -1.29. The molecule has 0 aliphatic heterocycles. The summed E-state index contributed by atoms with van der Waals surface area (Å²) >= 11 is 0. The van der Waals surface area contributed by atoms with Gasteiger partial charge < -0.3 is 9.47 Å². The zero-order valence-corrected chi connectivity index (χ0v) is 14.9. The Kier molecular flexibility index (Phi) is 6.32. The van der Waals surface area contributed by atoms with Gasteiger partial charge in [0, 0.05) is 6.07 Å². The van der Waals surface area contributed by atoms with Crippen LogP contribution in [0, 0.1) is 0 Å². The molecule has 27 heavy (non-hydrogen) atoms. The predicted octanol–water partition coefficient (Wildman–Crippen LogP) is 3.45. The molecule has 10 heteroatoms. The average molecular weight is 403 g/mol. The van der Waals surface area contributed by atoms with Crippen LogP contribution in [-0.4, -0.2) is 27.6 Å². The van der Waals surface area contributed by atoms with Crippen LogP contribution in [0.1, 0.15) is 12.5 Å². The fourth-order valence-electron chi connectivity index (χ4n) is 2.14. The van der Waals surface area contributed by atoms with Crippen LogP contribution in [0.15, 0.2) is 53.4 Å². The highest BCUT2D eigenvalue weighted by atomic mass is 32.2. The highest BCUT2D eigenvalue weighted by Gasteiger charge is 2.36. The zero-order valence-electron chi connectivity index (χ0n) is 14.1. The number of halogens is 3. The summed E-state index contributed by atoms with van der Waals surface area (Å²) in [6.45, 7) is 1.42. The number of nitrogens with one attached hydrogen (secondary N) is 1. The van der Waals surface area contributed by atoms with Gasteiger partial charge in [0.15, 0.2) is 6.61 Å². The van der Waals surface area contributed by atoms with Crippen LogP contribution in [0.25, 0.3) is 0 Å². The molecule has 1 N–H and O–H groups in total. The first-order chi connectivity index (χ1) is 12.6. The van der Waals surface area contributed by atoms with Gasteiger partial charge >= 0.3 is 12.1 Å². The SMILES string of the molecule is CCOC(=O)COc1cccc(NS(=O)(=O)c2ccccc2C(F)(F)F)c1. The van der Waals surface area contributed by atoms with Gasteiger partial charge in [0.2, 0.25) is 0 Å². The second kappa shape index (κ2) is 8.30.